The molecule has 0 radical (unpaired) electrons. The van der Waals surface area contributed by atoms with E-state index in [4.69, 9.17) is 14.6 Å². The Labute approximate surface area is 86.2 Å². The summed E-state index contributed by atoms with van der Waals surface area (Å²) in [5, 5.41) is 8.42. The number of benzene rings is 1. The lowest BCUT2D eigenvalue weighted by molar-refractivity contribution is -0.139. The monoisotopic (exact) mass is 210 g/mol. The predicted molar refractivity (Wildman–Crippen MR) is 51.5 cm³/mol. The maximum absolute atomic E-state index is 10.6. The summed E-state index contributed by atoms with van der Waals surface area (Å²) < 4.78 is 9.84. The summed E-state index contributed by atoms with van der Waals surface area (Å²) in [6.07, 6.45) is 0.594. The molecule has 1 aromatic rings. The number of methoxy groups -OCH3 is 1. The van der Waals surface area contributed by atoms with Crippen molar-refractivity contribution in [3.05, 3.63) is 23.8 Å². The van der Waals surface area contributed by atoms with E-state index in [1.54, 1.807) is 6.07 Å². The van der Waals surface area contributed by atoms with Gasteiger partial charge in [-0.15, -0.1) is 0 Å². The van der Waals surface area contributed by atoms with Crippen molar-refractivity contribution in [3.8, 4) is 11.5 Å². The zero-order chi connectivity index (χ0) is 11.3. The van der Waals surface area contributed by atoms with E-state index in [1.165, 1.54) is 19.2 Å². The number of aldehydes is 1. The van der Waals surface area contributed by atoms with Crippen LogP contribution in [0.4, 0.5) is 0 Å². The molecule has 0 aromatic heterocycles. The fraction of sp³-hybridized carbons (Fsp3) is 0.200. The first-order chi connectivity index (χ1) is 7.17. The molecule has 80 valence electrons. The maximum atomic E-state index is 10.6. The Morgan fingerprint density at radius 1 is 1.53 bits per heavy atom. The first-order valence-electron chi connectivity index (χ1n) is 4.15. The Kier molecular flexibility index (Phi) is 3.68. The lowest BCUT2D eigenvalue weighted by Gasteiger charge is -2.07. The molecule has 0 heterocycles. The van der Waals surface area contributed by atoms with Crippen molar-refractivity contribution in [3.63, 3.8) is 0 Å². The van der Waals surface area contributed by atoms with Crippen molar-refractivity contribution in [1.29, 1.82) is 0 Å². The van der Waals surface area contributed by atoms with Crippen LogP contribution in [0.2, 0.25) is 0 Å². The number of hydrogen-bond acceptors (Lipinski definition) is 4. The zero-order valence-electron chi connectivity index (χ0n) is 8.10. The Balaban J connectivity index is 2.90. The first kappa shape index (κ1) is 11.0. The number of carbonyl (C=O) groups is 2. The lowest BCUT2D eigenvalue weighted by atomic mass is 10.2. The van der Waals surface area contributed by atoms with E-state index in [0.717, 1.165) is 0 Å². The second kappa shape index (κ2) is 4.99. The highest BCUT2D eigenvalue weighted by molar-refractivity contribution is 5.80. The van der Waals surface area contributed by atoms with Gasteiger partial charge in [0.2, 0.25) is 0 Å². The summed E-state index contributed by atoms with van der Waals surface area (Å²) >= 11 is 0. The average molecular weight is 210 g/mol. The standard InChI is InChI=1S/C10H10O5/c1-14-8-3-2-7(5-11)9(4-8)15-6-10(12)13/h2-5H,6H2,1H3,(H,12,13). The molecule has 0 unspecified atom stereocenters. The van der Waals surface area contributed by atoms with Gasteiger partial charge in [-0.25, -0.2) is 4.79 Å². The molecular weight excluding hydrogens is 200 g/mol. The highest BCUT2D eigenvalue weighted by Gasteiger charge is 2.06. The molecule has 0 aliphatic heterocycles. The number of carboxylic acid groups (broad SMARTS) is 1. The minimum atomic E-state index is -1.10. The fourth-order valence-electron chi connectivity index (χ4n) is 1.00. The van der Waals surface area contributed by atoms with Crippen LogP contribution < -0.4 is 9.47 Å². The highest BCUT2D eigenvalue weighted by atomic mass is 16.5. The Bertz CT molecular complexity index is 372. The van der Waals surface area contributed by atoms with Crippen LogP contribution in [0.15, 0.2) is 18.2 Å². The summed E-state index contributed by atoms with van der Waals surface area (Å²) in [5.74, 6) is -0.401. The van der Waals surface area contributed by atoms with E-state index < -0.39 is 12.6 Å². The van der Waals surface area contributed by atoms with Gasteiger partial charge in [0, 0.05) is 6.07 Å². The third-order valence-corrected chi connectivity index (χ3v) is 1.70. The van der Waals surface area contributed by atoms with Crippen LogP contribution >= 0.6 is 0 Å². The lowest BCUT2D eigenvalue weighted by Crippen LogP contribution is -2.10. The van der Waals surface area contributed by atoms with E-state index in [9.17, 15) is 9.59 Å². The largest absolute Gasteiger partial charge is 0.497 e. The molecule has 0 aliphatic carbocycles. The molecule has 15 heavy (non-hydrogen) atoms. The molecular formula is C10H10O5. The number of carboxylic acids is 1. The van der Waals surface area contributed by atoms with Crippen LogP contribution in [0, 0.1) is 0 Å². The van der Waals surface area contributed by atoms with Gasteiger partial charge in [-0.05, 0) is 12.1 Å². The minimum absolute atomic E-state index is 0.201. The molecule has 5 heteroatoms. The second-order valence-corrected chi connectivity index (χ2v) is 2.70. The van der Waals surface area contributed by atoms with E-state index in [0.29, 0.717) is 12.0 Å². The van der Waals surface area contributed by atoms with Gasteiger partial charge >= 0.3 is 5.97 Å². The topological polar surface area (TPSA) is 72.8 Å². The van der Waals surface area contributed by atoms with Crippen molar-refractivity contribution in [2.24, 2.45) is 0 Å². The molecule has 0 aliphatic rings. The van der Waals surface area contributed by atoms with E-state index in [1.807, 2.05) is 0 Å². The van der Waals surface area contributed by atoms with E-state index in [-0.39, 0.29) is 11.3 Å². The van der Waals surface area contributed by atoms with Crippen LogP contribution in [-0.2, 0) is 4.79 Å². The van der Waals surface area contributed by atoms with Crippen LogP contribution in [0.25, 0.3) is 0 Å². The highest BCUT2D eigenvalue weighted by Crippen LogP contribution is 2.23. The third kappa shape index (κ3) is 2.98. The van der Waals surface area contributed by atoms with Crippen LogP contribution in [0.5, 0.6) is 11.5 Å². The normalized spacial score (nSPS) is 9.40. The number of hydrogen-bond donors (Lipinski definition) is 1. The quantitative estimate of drug-likeness (QED) is 0.733. The molecule has 0 bridgehead atoms. The maximum Gasteiger partial charge on any atom is 0.341 e. The smallest absolute Gasteiger partial charge is 0.341 e. The molecule has 0 spiro atoms. The summed E-state index contributed by atoms with van der Waals surface area (Å²) in [6.45, 7) is -0.492. The number of rotatable bonds is 5. The molecule has 5 nitrogen and oxygen atoms in total. The van der Waals surface area contributed by atoms with Crippen molar-refractivity contribution < 1.29 is 24.2 Å². The van der Waals surface area contributed by atoms with Gasteiger partial charge in [-0.1, -0.05) is 0 Å². The molecule has 1 aromatic carbocycles. The predicted octanol–water partition coefficient (Wildman–Crippen LogP) is 0.971. The Morgan fingerprint density at radius 2 is 2.27 bits per heavy atom. The van der Waals surface area contributed by atoms with Crippen molar-refractivity contribution in [1.82, 2.24) is 0 Å². The van der Waals surface area contributed by atoms with Gasteiger partial charge in [-0.2, -0.15) is 0 Å². The van der Waals surface area contributed by atoms with E-state index in [2.05, 4.69) is 0 Å². The van der Waals surface area contributed by atoms with Gasteiger partial charge in [0.05, 0.1) is 12.7 Å². The average Bonchev–Trinajstić information content (AvgIpc) is 2.25. The summed E-state index contributed by atoms with van der Waals surface area (Å²) in [7, 11) is 1.47. The van der Waals surface area contributed by atoms with E-state index >= 15 is 0 Å². The van der Waals surface area contributed by atoms with Crippen molar-refractivity contribution >= 4 is 12.3 Å². The zero-order valence-corrected chi connectivity index (χ0v) is 8.10. The van der Waals surface area contributed by atoms with Gasteiger partial charge in [0.15, 0.2) is 12.9 Å². The summed E-state index contributed by atoms with van der Waals surface area (Å²) in [5.41, 5.74) is 0.289. The Morgan fingerprint density at radius 3 is 2.80 bits per heavy atom. The molecule has 0 amide bonds. The molecule has 1 N–H and O–H groups in total. The summed E-state index contributed by atoms with van der Waals surface area (Å²) in [4.78, 5) is 20.9. The SMILES string of the molecule is COc1ccc(C=O)c(OCC(=O)O)c1. The second-order valence-electron chi connectivity index (χ2n) is 2.70. The Hall–Kier alpha value is -2.04. The number of aliphatic carboxylic acids is 1. The number of ether oxygens (including phenoxy) is 2. The number of carbonyl (C=O) groups excluding carboxylic acids is 1. The molecule has 0 atom stereocenters. The molecule has 0 saturated heterocycles. The van der Waals surface area contributed by atoms with Crippen LogP contribution in [0.3, 0.4) is 0 Å². The van der Waals surface area contributed by atoms with Gasteiger partial charge in [-0.3, -0.25) is 4.79 Å². The molecule has 1 rings (SSSR count). The molecule has 0 fully saturated rings. The van der Waals surface area contributed by atoms with Gasteiger partial charge in [0.25, 0.3) is 0 Å². The van der Waals surface area contributed by atoms with Crippen molar-refractivity contribution in [2.45, 2.75) is 0 Å². The summed E-state index contributed by atoms with van der Waals surface area (Å²) in [6, 6.07) is 4.56. The molecule has 0 saturated carbocycles. The fourth-order valence-corrected chi connectivity index (χ4v) is 1.00. The van der Waals surface area contributed by atoms with Crippen LogP contribution in [-0.4, -0.2) is 31.1 Å². The van der Waals surface area contributed by atoms with Crippen LogP contribution in [0.1, 0.15) is 10.4 Å². The van der Waals surface area contributed by atoms with Gasteiger partial charge < -0.3 is 14.6 Å². The first-order valence-corrected chi connectivity index (χ1v) is 4.15. The third-order valence-electron chi connectivity index (χ3n) is 1.70. The van der Waals surface area contributed by atoms with Gasteiger partial charge in [0.1, 0.15) is 11.5 Å². The van der Waals surface area contributed by atoms with Crippen molar-refractivity contribution in [2.75, 3.05) is 13.7 Å². The minimum Gasteiger partial charge on any atom is -0.497 e.